The number of hydrogen-bond acceptors (Lipinski definition) is 7. The number of benzene rings is 1. The van der Waals surface area contributed by atoms with Crippen LogP contribution in [0.15, 0.2) is 29.2 Å². The van der Waals surface area contributed by atoms with Crippen LogP contribution < -0.4 is 5.32 Å². The van der Waals surface area contributed by atoms with Crippen LogP contribution in [0.4, 0.5) is 0 Å². The summed E-state index contributed by atoms with van der Waals surface area (Å²) >= 11 is 0. The lowest BCUT2D eigenvalue weighted by molar-refractivity contribution is -0.143. The van der Waals surface area contributed by atoms with E-state index in [1.54, 1.807) is 17.0 Å². The molecule has 0 bridgehead atoms. The Morgan fingerprint density at radius 3 is 2.23 bits per heavy atom. The summed E-state index contributed by atoms with van der Waals surface area (Å²) in [6, 6.07) is 3.94. The molecule has 12 nitrogen and oxygen atoms in total. The zero-order valence-corrected chi connectivity index (χ0v) is 23.4. The van der Waals surface area contributed by atoms with Gasteiger partial charge in [0.1, 0.15) is 12.1 Å². The maximum absolute atomic E-state index is 13.2. The van der Waals surface area contributed by atoms with Gasteiger partial charge in [-0.1, -0.05) is 17.7 Å². The van der Waals surface area contributed by atoms with Crippen molar-refractivity contribution in [1.82, 2.24) is 19.4 Å². The molecule has 0 aromatic heterocycles. The van der Waals surface area contributed by atoms with E-state index in [0.717, 1.165) is 9.87 Å². The normalized spacial score (nSPS) is 21.6. The van der Waals surface area contributed by atoms with Gasteiger partial charge in [-0.25, -0.2) is 13.2 Å². The van der Waals surface area contributed by atoms with E-state index >= 15 is 0 Å². The van der Waals surface area contributed by atoms with Gasteiger partial charge in [-0.05, 0) is 57.1 Å². The number of carbonyl (C=O) groups is 5. The number of nitrogens with zero attached hydrogens (tertiary/aromatic N) is 3. The van der Waals surface area contributed by atoms with E-state index in [1.165, 1.54) is 17.0 Å². The third-order valence-electron chi connectivity index (χ3n) is 7.96. The van der Waals surface area contributed by atoms with Crippen LogP contribution in [0.1, 0.15) is 56.9 Å². The van der Waals surface area contributed by atoms with Gasteiger partial charge in [-0.2, -0.15) is 4.31 Å². The summed E-state index contributed by atoms with van der Waals surface area (Å²) < 4.78 is 27.4. The van der Waals surface area contributed by atoms with Crippen molar-refractivity contribution in [2.45, 2.75) is 75.3 Å². The summed E-state index contributed by atoms with van der Waals surface area (Å²) in [5.74, 6) is -2.42. The minimum absolute atomic E-state index is 0.0700. The lowest BCUT2D eigenvalue weighted by Crippen LogP contribution is -2.51. The molecule has 218 valence electrons. The van der Waals surface area contributed by atoms with E-state index in [-0.39, 0.29) is 67.2 Å². The van der Waals surface area contributed by atoms with Crippen molar-refractivity contribution in [3.63, 3.8) is 0 Å². The Balaban J connectivity index is 1.28. The van der Waals surface area contributed by atoms with E-state index in [4.69, 9.17) is 0 Å². The first-order chi connectivity index (χ1) is 19.0. The SMILES string of the molecule is Cc1ccc(S(=O)(=O)N2CCC[C@@H]2C(=O)N[C@@H](CCC(=O)N2CCC(CN3C(=O)CCC3=O)CC2)C(=O)O)cc1. The zero-order chi connectivity index (χ0) is 29.0. The molecular weight excluding hydrogens is 540 g/mol. The number of aliphatic carboxylic acids is 1. The first-order valence-electron chi connectivity index (χ1n) is 13.7. The van der Waals surface area contributed by atoms with Crippen molar-refractivity contribution in [2.75, 3.05) is 26.2 Å². The summed E-state index contributed by atoms with van der Waals surface area (Å²) in [5.41, 5.74) is 0.896. The second-order valence-corrected chi connectivity index (χ2v) is 12.6. The average Bonchev–Trinajstić information content (AvgIpc) is 3.55. The molecule has 3 heterocycles. The van der Waals surface area contributed by atoms with Crippen LogP contribution >= 0.6 is 0 Å². The monoisotopic (exact) mass is 576 g/mol. The number of imide groups is 1. The van der Waals surface area contributed by atoms with Crippen LogP contribution in [-0.2, 0) is 34.0 Å². The topological polar surface area (TPSA) is 161 Å². The van der Waals surface area contributed by atoms with Crippen LogP contribution in [0.3, 0.4) is 0 Å². The largest absolute Gasteiger partial charge is 0.480 e. The number of amides is 4. The molecule has 40 heavy (non-hydrogen) atoms. The molecule has 1 aromatic carbocycles. The van der Waals surface area contributed by atoms with Gasteiger partial charge in [-0.15, -0.1) is 0 Å². The van der Waals surface area contributed by atoms with Crippen molar-refractivity contribution >= 4 is 39.6 Å². The molecule has 0 unspecified atom stereocenters. The fourth-order valence-corrected chi connectivity index (χ4v) is 7.19. The minimum Gasteiger partial charge on any atom is -0.480 e. The van der Waals surface area contributed by atoms with Crippen LogP contribution in [0, 0.1) is 12.8 Å². The van der Waals surface area contributed by atoms with Gasteiger partial charge in [0.2, 0.25) is 33.7 Å². The number of carbonyl (C=O) groups excluding carboxylic acids is 4. The van der Waals surface area contributed by atoms with Gasteiger partial charge in [0.25, 0.3) is 0 Å². The van der Waals surface area contributed by atoms with Crippen molar-refractivity contribution in [2.24, 2.45) is 5.92 Å². The number of carboxylic acid groups (broad SMARTS) is 1. The van der Waals surface area contributed by atoms with Crippen LogP contribution in [0.5, 0.6) is 0 Å². The number of piperidine rings is 1. The van der Waals surface area contributed by atoms with Gasteiger partial charge in [0.15, 0.2) is 0 Å². The Morgan fingerprint density at radius 2 is 1.62 bits per heavy atom. The Kier molecular flexibility index (Phi) is 9.24. The number of sulfonamides is 1. The van der Waals surface area contributed by atoms with E-state index in [9.17, 15) is 37.5 Å². The highest BCUT2D eigenvalue weighted by atomic mass is 32.2. The molecule has 0 aliphatic carbocycles. The molecule has 3 fully saturated rings. The van der Waals surface area contributed by atoms with E-state index in [2.05, 4.69) is 5.32 Å². The predicted molar refractivity (Wildman–Crippen MR) is 142 cm³/mol. The van der Waals surface area contributed by atoms with Gasteiger partial charge in [0, 0.05) is 45.4 Å². The van der Waals surface area contributed by atoms with Gasteiger partial charge in [-0.3, -0.25) is 24.1 Å². The standard InChI is InChI=1S/C27H36N4O8S/c1-18-4-6-20(7-5-18)40(38,39)31-14-2-3-22(31)26(35)28-21(27(36)37)8-9-23(32)29-15-12-19(13-16-29)17-30-24(33)10-11-25(30)34/h4-7,19,21-22H,2-3,8-17H2,1H3,(H,28,35)(H,36,37)/t21-,22+/m0/s1. The van der Waals surface area contributed by atoms with Crippen molar-refractivity contribution in [3.05, 3.63) is 29.8 Å². The van der Waals surface area contributed by atoms with E-state index < -0.39 is 34.0 Å². The molecule has 2 N–H and O–H groups in total. The Labute approximate surface area is 233 Å². The molecule has 3 aliphatic heterocycles. The zero-order valence-electron chi connectivity index (χ0n) is 22.6. The second kappa shape index (κ2) is 12.5. The highest BCUT2D eigenvalue weighted by Crippen LogP contribution is 2.27. The van der Waals surface area contributed by atoms with Crippen LogP contribution in [0.2, 0.25) is 0 Å². The first kappa shape index (κ1) is 29.7. The minimum atomic E-state index is -3.94. The molecule has 4 rings (SSSR count). The van der Waals surface area contributed by atoms with Crippen molar-refractivity contribution in [1.29, 1.82) is 0 Å². The third kappa shape index (κ3) is 6.69. The second-order valence-electron chi connectivity index (χ2n) is 10.7. The van der Waals surface area contributed by atoms with E-state index in [1.807, 2.05) is 6.92 Å². The molecule has 0 saturated carbocycles. The lowest BCUT2D eigenvalue weighted by Gasteiger charge is -2.33. The molecule has 4 amide bonds. The Hall–Kier alpha value is -3.32. The number of hydrogen-bond donors (Lipinski definition) is 2. The van der Waals surface area contributed by atoms with Crippen LogP contribution in [-0.4, -0.2) is 95.5 Å². The molecule has 13 heteroatoms. The molecule has 0 spiro atoms. The molecule has 3 aliphatic rings. The summed E-state index contributed by atoms with van der Waals surface area (Å²) in [7, 11) is -3.94. The lowest BCUT2D eigenvalue weighted by atomic mass is 9.95. The summed E-state index contributed by atoms with van der Waals surface area (Å²) in [6.45, 7) is 3.24. The number of aryl methyl sites for hydroxylation is 1. The highest BCUT2D eigenvalue weighted by molar-refractivity contribution is 7.89. The maximum Gasteiger partial charge on any atom is 0.326 e. The number of nitrogens with one attached hydrogen (secondary N) is 1. The number of rotatable bonds is 10. The van der Waals surface area contributed by atoms with Crippen molar-refractivity contribution in [3.8, 4) is 0 Å². The molecule has 3 saturated heterocycles. The average molecular weight is 577 g/mol. The smallest absolute Gasteiger partial charge is 0.326 e. The highest BCUT2D eigenvalue weighted by Gasteiger charge is 2.40. The molecule has 2 atom stereocenters. The Morgan fingerprint density at radius 1 is 1.00 bits per heavy atom. The van der Waals surface area contributed by atoms with Crippen LogP contribution in [0.25, 0.3) is 0 Å². The fourth-order valence-electron chi connectivity index (χ4n) is 5.54. The Bertz CT molecular complexity index is 1240. The molecule has 0 radical (unpaired) electrons. The van der Waals surface area contributed by atoms with Gasteiger partial charge >= 0.3 is 5.97 Å². The van der Waals surface area contributed by atoms with Gasteiger partial charge in [0.05, 0.1) is 4.90 Å². The number of likely N-dealkylation sites (tertiary alicyclic amines) is 2. The summed E-state index contributed by atoms with van der Waals surface area (Å²) in [4.78, 5) is 64.5. The van der Waals surface area contributed by atoms with Crippen molar-refractivity contribution < 1.29 is 37.5 Å². The molecule has 1 aromatic rings. The summed E-state index contributed by atoms with van der Waals surface area (Å²) in [5, 5.41) is 12.2. The number of carboxylic acids is 1. The maximum atomic E-state index is 13.2. The third-order valence-corrected chi connectivity index (χ3v) is 9.88. The first-order valence-corrected chi connectivity index (χ1v) is 15.1. The quantitative estimate of drug-likeness (QED) is 0.388. The molecular formula is C27H36N4O8S. The predicted octanol–water partition coefficient (Wildman–Crippen LogP) is 0.885. The van der Waals surface area contributed by atoms with Gasteiger partial charge < -0.3 is 15.3 Å². The van der Waals surface area contributed by atoms with E-state index in [0.29, 0.717) is 38.9 Å². The summed E-state index contributed by atoms with van der Waals surface area (Å²) in [6.07, 6.45) is 2.28. The fraction of sp³-hybridized carbons (Fsp3) is 0.593.